The average Bonchev–Trinajstić information content (AvgIpc) is 2.77. The smallest absolute Gasteiger partial charge is 0.407 e. The highest BCUT2D eigenvalue weighted by Crippen LogP contribution is 2.34. The zero-order chi connectivity index (χ0) is 21.8. The monoisotopic (exact) mass is 417 g/mol. The number of fused-ring (bicyclic) bond motifs is 1. The zero-order valence-corrected chi connectivity index (χ0v) is 18.6. The Morgan fingerprint density at radius 3 is 2.52 bits per heavy atom. The van der Waals surface area contributed by atoms with Crippen LogP contribution in [0.25, 0.3) is 22.0 Å². The molecule has 1 amide bonds. The number of amides is 1. The molecule has 162 valence electrons. The Balaban J connectivity index is 1.36. The molecule has 5 nitrogen and oxygen atoms in total. The van der Waals surface area contributed by atoms with Crippen LogP contribution < -0.4 is 5.32 Å². The van der Waals surface area contributed by atoms with Crippen LogP contribution in [0.5, 0.6) is 0 Å². The van der Waals surface area contributed by atoms with Gasteiger partial charge in [0, 0.05) is 24.2 Å². The van der Waals surface area contributed by atoms with Gasteiger partial charge >= 0.3 is 6.09 Å². The Labute approximate surface area is 184 Å². The van der Waals surface area contributed by atoms with E-state index in [9.17, 15) is 4.79 Å². The molecular formula is C26H31N3O2. The zero-order valence-electron chi connectivity index (χ0n) is 18.6. The molecule has 5 heteroatoms. The topological polar surface area (TPSA) is 64.1 Å². The lowest BCUT2D eigenvalue weighted by Gasteiger charge is -2.28. The molecule has 3 aromatic rings. The average molecular weight is 418 g/mol. The van der Waals surface area contributed by atoms with E-state index in [4.69, 9.17) is 9.72 Å². The van der Waals surface area contributed by atoms with E-state index in [0.29, 0.717) is 18.4 Å². The van der Waals surface area contributed by atoms with Crippen molar-refractivity contribution in [1.82, 2.24) is 15.3 Å². The standard InChI is InChI=1S/C26H31N3O2/c1-26(2,3)31-25(30)28-17-18-8-10-20(11-9-18)24-27-15-14-23(29-24)22-13-12-19-6-4-5-7-21(19)16-22/h4-7,12-16,18,20H,8-11,17H2,1-3H3,(H,28,30)/t18-,20-. The highest BCUT2D eigenvalue weighted by Gasteiger charge is 2.25. The first-order chi connectivity index (χ1) is 14.9. The van der Waals surface area contributed by atoms with E-state index in [2.05, 4.69) is 52.8 Å². The third-order valence-electron chi connectivity index (χ3n) is 5.87. The van der Waals surface area contributed by atoms with Crippen molar-refractivity contribution in [3.63, 3.8) is 0 Å². The number of rotatable bonds is 4. The molecule has 1 saturated carbocycles. The van der Waals surface area contributed by atoms with E-state index in [-0.39, 0.29) is 6.09 Å². The number of carbonyl (C=O) groups excluding carboxylic acids is 1. The van der Waals surface area contributed by atoms with Crippen LogP contribution in [0.2, 0.25) is 0 Å². The predicted molar refractivity (Wildman–Crippen MR) is 124 cm³/mol. The molecule has 0 radical (unpaired) electrons. The van der Waals surface area contributed by atoms with Gasteiger partial charge in [0.05, 0.1) is 5.69 Å². The molecule has 4 rings (SSSR count). The second kappa shape index (κ2) is 9.04. The van der Waals surface area contributed by atoms with Crippen molar-refractivity contribution in [2.75, 3.05) is 6.54 Å². The highest BCUT2D eigenvalue weighted by atomic mass is 16.6. The number of ether oxygens (including phenoxy) is 1. The third kappa shape index (κ3) is 5.60. The van der Waals surface area contributed by atoms with Crippen LogP contribution in [-0.4, -0.2) is 28.2 Å². The Morgan fingerprint density at radius 1 is 1.03 bits per heavy atom. The van der Waals surface area contributed by atoms with Crippen molar-refractivity contribution in [3.05, 3.63) is 60.6 Å². The maximum atomic E-state index is 11.9. The van der Waals surface area contributed by atoms with E-state index in [1.165, 1.54) is 10.8 Å². The molecule has 1 fully saturated rings. The first-order valence-corrected chi connectivity index (χ1v) is 11.2. The van der Waals surface area contributed by atoms with Gasteiger partial charge in [-0.1, -0.05) is 36.4 Å². The number of alkyl carbamates (subject to hydrolysis) is 1. The van der Waals surface area contributed by atoms with Gasteiger partial charge in [-0.3, -0.25) is 0 Å². The molecule has 0 aliphatic heterocycles. The number of nitrogens with one attached hydrogen (secondary N) is 1. The number of hydrogen-bond donors (Lipinski definition) is 1. The summed E-state index contributed by atoms with van der Waals surface area (Å²) >= 11 is 0. The first-order valence-electron chi connectivity index (χ1n) is 11.2. The quantitative estimate of drug-likeness (QED) is 0.557. The molecule has 2 aromatic carbocycles. The minimum absolute atomic E-state index is 0.332. The summed E-state index contributed by atoms with van der Waals surface area (Å²) in [6, 6.07) is 16.8. The van der Waals surface area contributed by atoms with Gasteiger partial charge in [-0.15, -0.1) is 0 Å². The summed E-state index contributed by atoms with van der Waals surface area (Å²) in [4.78, 5) is 21.4. The number of carbonyl (C=O) groups is 1. The lowest BCUT2D eigenvalue weighted by molar-refractivity contribution is 0.0514. The fraction of sp³-hybridized carbons (Fsp3) is 0.423. The van der Waals surface area contributed by atoms with Crippen molar-refractivity contribution < 1.29 is 9.53 Å². The van der Waals surface area contributed by atoms with Gasteiger partial charge in [0.15, 0.2) is 0 Å². The summed E-state index contributed by atoms with van der Waals surface area (Å²) in [6.45, 7) is 6.30. The Morgan fingerprint density at radius 2 is 1.77 bits per heavy atom. The van der Waals surface area contributed by atoms with Crippen molar-refractivity contribution in [2.24, 2.45) is 5.92 Å². The second-order valence-electron chi connectivity index (χ2n) is 9.46. The van der Waals surface area contributed by atoms with Crippen LogP contribution in [0.1, 0.15) is 58.2 Å². The Hall–Kier alpha value is -2.95. The summed E-state index contributed by atoms with van der Waals surface area (Å²) in [5.74, 6) is 1.79. The van der Waals surface area contributed by atoms with Crippen molar-refractivity contribution in [1.29, 1.82) is 0 Å². The van der Waals surface area contributed by atoms with Gasteiger partial charge in [-0.2, -0.15) is 0 Å². The maximum absolute atomic E-state index is 11.9. The minimum atomic E-state index is -0.463. The van der Waals surface area contributed by atoms with E-state index in [1.807, 2.05) is 33.0 Å². The molecule has 1 aliphatic carbocycles. The van der Waals surface area contributed by atoms with Gasteiger partial charge in [0.1, 0.15) is 11.4 Å². The molecule has 0 unspecified atom stereocenters. The number of benzene rings is 2. The number of nitrogens with zero attached hydrogens (tertiary/aromatic N) is 2. The van der Waals surface area contributed by atoms with Gasteiger partial charge in [0.2, 0.25) is 0 Å². The largest absolute Gasteiger partial charge is 0.444 e. The molecule has 1 heterocycles. The summed E-state index contributed by atoms with van der Waals surface area (Å²) in [6.07, 6.45) is 5.75. The summed E-state index contributed by atoms with van der Waals surface area (Å²) in [5.41, 5.74) is 1.64. The SMILES string of the molecule is CC(C)(C)OC(=O)NC[C@H]1CC[C@H](c2nccc(-c3ccc4ccccc4c3)n2)CC1. The fourth-order valence-corrected chi connectivity index (χ4v) is 4.25. The van der Waals surface area contributed by atoms with Crippen LogP contribution in [-0.2, 0) is 4.74 Å². The van der Waals surface area contributed by atoms with Gasteiger partial charge < -0.3 is 10.1 Å². The highest BCUT2D eigenvalue weighted by molar-refractivity contribution is 5.86. The normalized spacial score (nSPS) is 19.2. The molecule has 1 aliphatic rings. The second-order valence-corrected chi connectivity index (χ2v) is 9.46. The van der Waals surface area contributed by atoms with Gasteiger partial charge in [-0.25, -0.2) is 14.8 Å². The third-order valence-corrected chi connectivity index (χ3v) is 5.87. The van der Waals surface area contributed by atoms with Gasteiger partial charge in [-0.05, 0) is 75.3 Å². The van der Waals surface area contributed by atoms with E-state index < -0.39 is 5.60 Å². The summed E-state index contributed by atoms with van der Waals surface area (Å²) in [7, 11) is 0. The molecule has 0 saturated heterocycles. The molecule has 1 N–H and O–H groups in total. The van der Waals surface area contributed by atoms with Crippen LogP contribution in [0.4, 0.5) is 4.79 Å². The Kier molecular flexibility index (Phi) is 6.21. The lowest BCUT2D eigenvalue weighted by Crippen LogP contribution is -2.36. The predicted octanol–water partition coefficient (Wildman–Crippen LogP) is 6.10. The van der Waals surface area contributed by atoms with Crippen molar-refractivity contribution in [3.8, 4) is 11.3 Å². The van der Waals surface area contributed by atoms with E-state index in [0.717, 1.165) is 42.8 Å². The van der Waals surface area contributed by atoms with E-state index in [1.54, 1.807) is 0 Å². The number of aromatic nitrogens is 2. The first kappa shape index (κ1) is 21.3. The molecule has 0 atom stereocenters. The van der Waals surface area contributed by atoms with Crippen molar-refractivity contribution >= 4 is 16.9 Å². The van der Waals surface area contributed by atoms with Crippen LogP contribution >= 0.6 is 0 Å². The van der Waals surface area contributed by atoms with Crippen LogP contribution in [0.15, 0.2) is 54.7 Å². The van der Waals surface area contributed by atoms with E-state index >= 15 is 0 Å². The van der Waals surface area contributed by atoms with Crippen LogP contribution in [0, 0.1) is 5.92 Å². The molecule has 31 heavy (non-hydrogen) atoms. The van der Waals surface area contributed by atoms with Crippen LogP contribution in [0.3, 0.4) is 0 Å². The lowest BCUT2D eigenvalue weighted by atomic mass is 9.81. The molecular weight excluding hydrogens is 386 g/mol. The fourth-order valence-electron chi connectivity index (χ4n) is 4.25. The number of hydrogen-bond acceptors (Lipinski definition) is 4. The summed E-state index contributed by atoms with van der Waals surface area (Å²) < 4.78 is 5.33. The Bertz CT molecular complexity index is 1050. The molecule has 0 spiro atoms. The summed E-state index contributed by atoms with van der Waals surface area (Å²) in [5, 5.41) is 5.37. The maximum Gasteiger partial charge on any atom is 0.407 e. The van der Waals surface area contributed by atoms with Gasteiger partial charge in [0.25, 0.3) is 0 Å². The molecule has 0 bridgehead atoms. The minimum Gasteiger partial charge on any atom is -0.444 e. The van der Waals surface area contributed by atoms with Crippen molar-refractivity contribution in [2.45, 2.75) is 58.0 Å². The molecule has 1 aromatic heterocycles.